The van der Waals surface area contributed by atoms with E-state index in [-0.39, 0.29) is 23.8 Å². The van der Waals surface area contributed by atoms with Gasteiger partial charge in [0.15, 0.2) is 0 Å². The average molecular weight is 440 g/mol. The van der Waals surface area contributed by atoms with Gasteiger partial charge in [0.1, 0.15) is 5.75 Å². The Morgan fingerprint density at radius 3 is 2.72 bits per heavy atom. The Kier molecular flexibility index (Phi) is 7.09. The SMILES string of the molecule is COc1ccc(-c2[nH]ncc2CN2CCCN(C(C)=O)[C@H]3CCC[C@H]3C(=O)NCC2)cc1. The minimum absolute atomic E-state index is 0.0367. The van der Waals surface area contributed by atoms with E-state index in [1.807, 2.05) is 35.4 Å². The van der Waals surface area contributed by atoms with Gasteiger partial charge in [-0.05, 0) is 43.5 Å². The maximum atomic E-state index is 12.8. The van der Waals surface area contributed by atoms with E-state index in [2.05, 4.69) is 20.4 Å². The van der Waals surface area contributed by atoms with Gasteiger partial charge < -0.3 is 15.0 Å². The van der Waals surface area contributed by atoms with Crippen molar-refractivity contribution in [3.05, 3.63) is 36.0 Å². The average Bonchev–Trinajstić information content (AvgIpc) is 3.45. The van der Waals surface area contributed by atoms with Gasteiger partial charge in [0.2, 0.25) is 11.8 Å². The smallest absolute Gasteiger partial charge is 0.225 e. The highest BCUT2D eigenvalue weighted by Gasteiger charge is 2.38. The molecule has 1 saturated carbocycles. The van der Waals surface area contributed by atoms with Gasteiger partial charge in [0.25, 0.3) is 0 Å². The van der Waals surface area contributed by atoms with Crippen LogP contribution in [0.25, 0.3) is 11.3 Å². The van der Waals surface area contributed by atoms with Gasteiger partial charge >= 0.3 is 0 Å². The van der Waals surface area contributed by atoms with E-state index < -0.39 is 0 Å². The van der Waals surface area contributed by atoms with Gasteiger partial charge in [-0.3, -0.25) is 19.6 Å². The molecule has 8 heteroatoms. The first-order valence-electron chi connectivity index (χ1n) is 11.5. The predicted octanol–water partition coefficient (Wildman–Crippen LogP) is 2.42. The lowest BCUT2D eigenvalue weighted by atomic mass is 10.0. The lowest BCUT2D eigenvalue weighted by molar-refractivity contribution is -0.134. The van der Waals surface area contributed by atoms with Crippen LogP contribution < -0.4 is 10.1 Å². The molecule has 2 aromatic rings. The molecule has 1 aromatic heterocycles. The molecule has 2 N–H and O–H groups in total. The number of nitrogens with zero attached hydrogens (tertiary/aromatic N) is 3. The van der Waals surface area contributed by atoms with Crippen LogP contribution in [-0.4, -0.2) is 71.1 Å². The first-order valence-corrected chi connectivity index (χ1v) is 11.5. The van der Waals surface area contributed by atoms with E-state index in [4.69, 9.17) is 4.74 Å². The molecule has 0 spiro atoms. The molecule has 0 radical (unpaired) electrons. The number of carbonyl (C=O) groups excluding carboxylic acids is 2. The molecule has 2 aliphatic rings. The molecule has 2 atom stereocenters. The number of amides is 2. The normalized spacial score (nSPS) is 22.7. The molecular weight excluding hydrogens is 406 g/mol. The zero-order valence-corrected chi connectivity index (χ0v) is 19.0. The lowest BCUT2D eigenvalue weighted by Gasteiger charge is -2.31. The second-order valence-corrected chi connectivity index (χ2v) is 8.74. The fourth-order valence-corrected chi connectivity index (χ4v) is 5.06. The number of fused-ring (bicyclic) bond motifs is 1. The van der Waals surface area contributed by atoms with Crippen molar-refractivity contribution in [3.63, 3.8) is 0 Å². The third-order valence-electron chi connectivity index (χ3n) is 6.71. The highest BCUT2D eigenvalue weighted by molar-refractivity contribution is 5.81. The molecule has 2 heterocycles. The lowest BCUT2D eigenvalue weighted by Crippen LogP contribution is -2.46. The van der Waals surface area contributed by atoms with Crippen LogP contribution in [0.5, 0.6) is 5.75 Å². The molecule has 2 amide bonds. The largest absolute Gasteiger partial charge is 0.497 e. The fourth-order valence-electron chi connectivity index (χ4n) is 5.06. The van der Waals surface area contributed by atoms with Gasteiger partial charge in [-0.1, -0.05) is 6.42 Å². The monoisotopic (exact) mass is 439 g/mol. The molecule has 172 valence electrons. The minimum Gasteiger partial charge on any atom is -0.497 e. The van der Waals surface area contributed by atoms with Crippen molar-refractivity contribution < 1.29 is 14.3 Å². The van der Waals surface area contributed by atoms with Crippen LogP contribution in [0.4, 0.5) is 0 Å². The number of hydrogen-bond donors (Lipinski definition) is 2. The first-order chi connectivity index (χ1) is 15.6. The second-order valence-electron chi connectivity index (χ2n) is 8.74. The molecule has 1 aliphatic carbocycles. The maximum absolute atomic E-state index is 12.8. The molecule has 0 unspecified atom stereocenters. The quantitative estimate of drug-likeness (QED) is 0.764. The zero-order chi connectivity index (χ0) is 22.5. The van der Waals surface area contributed by atoms with Crippen molar-refractivity contribution in [1.29, 1.82) is 0 Å². The summed E-state index contributed by atoms with van der Waals surface area (Å²) in [6, 6.07) is 7.96. The Morgan fingerprint density at radius 2 is 1.97 bits per heavy atom. The summed E-state index contributed by atoms with van der Waals surface area (Å²) < 4.78 is 5.26. The van der Waals surface area contributed by atoms with Crippen LogP contribution in [0.2, 0.25) is 0 Å². The molecule has 4 rings (SSSR count). The second kappa shape index (κ2) is 10.2. The van der Waals surface area contributed by atoms with E-state index in [1.54, 1.807) is 14.0 Å². The van der Waals surface area contributed by atoms with E-state index in [0.717, 1.165) is 67.9 Å². The topological polar surface area (TPSA) is 90.6 Å². The number of carbonyl (C=O) groups is 2. The number of rotatable bonds is 4. The minimum atomic E-state index is -0.0824. The Morgan fingerprint density at radius 1 is 1.16 bits per heavy atom. The number of benzene rings is 1. The summed E-state index contributed by atoms with van der Waals surface area (Å²) in [6.07, 6.45) is 5.54. The molecule has 8 nitrogen and oxygen atoms in total. The molecule has 0 bridgehead atoms. The van der Waals surface area contributed by atoms with Gasteiger partial charge in [-0.2, -0.15) is 5.10 Å². The Labute approximate surface area is 189 Å². The van der Waals surface area contributed by atoms with Crippen LogP contribution >= 0.6 is 0 Å². The van der Waals surface area contributed by atoms with E-state index in [9.17, 15) is 9.59 Å². The first kappa shape index (κ1) is 22.3. The van der Waals surface area contributed by atoms with Crippen LogP contribution in [0.15, 0.2) is 30.5 Å². The summed E-state index contributed by atoms with van der Waals surface area (Å²) in [5.74, 6) is 0.887. The summed E-state index contributed by atoms with van der Waals surface area (Å²) in [4.78, 5) is 29.4. The summed E-state index contributed by atoms with van der Waals surface area (Å²) >= 11 is 0. The van der Waals surface area contributed by atoms with Crippen LogP contribution in [0.3, 0.4) is 0 Å². The summed E-state index contributed by atoms with van der Waals surface area (Å²) in [5.41, 5.74) is 3.16. The predicted molar refractivity (Wildman–Crippen MR) is 122 cm³/mol. The third-order valence-corrected chi connectivity index (χ3v) is 6.71. The van der Waals surface area contributed by atoms with Crippen LogP contribution in [0, 0.1) is 5.92 Å². The third kappa shape index (κ3) is 4.96. The van der Waals surface area contributed by atoms with Gasteiger partial charge in [0.05, 0.1) is 24.9 Å². The number of methoxy groups -OCH3 is 1. The zero-order valence-electron chi connectivity index (χ0n) is 19.0. The summed E-state index contributed by atoms with van der Waals surface area (Å²) in [6.45, 7) is 5.26. The molecule has 2 fully saturated rings. The van der Waals surface area contributed by atoms with Crippen LogP contribution in [0.1, 0.15) is 38.2 Å². The highest BCUT2D eigenvalue weighted by atomic mass is 16.5. The summed E-state index contributed by atoms with van der Waals surface area (Å²) in [5, 5.41) is 10.5. The Balaban J connectivity index is 1.47. The number of aromatic nitrogens is 2. The Bertz CT molecular complexity index is 926. The molecule has 1 saturated heterocycles. The van der Waals surface area contributed by atoms with Gasteiger partial charge in [-0.25, -0.2) is 0 Å². The van der Waals surface area contributed by atoms with Crippen molar-refractivity contribution >= 4 is 11.8 Å². The van der Waals surface area contributed by atoms with Gasteiger partial charge in [-0.15, -0.1) is 0 Å². The maximum Gasteiger partial charge on any atom is 0.225 e. The standard InChI is InChI=1S/C24H33N5O3/c1-17(30)29-13-4-12-28(14-11-25-24(31)21-5-3-6-22(21)29)16-19-15-26-27-23(19)18-7-9-20(32-2)10-8-18/h7-10,15,21-22H,3-6,11-14,16H2,1-2H3,(H,25,31)(H,26,27)/t21-,22+/m1/s1. The molecule has 32 heavy (non-hydrogen) atoms. The molecular formula is C24H33N5O3. The number of aromatic amines is 1. The van der Waals surface area contributed by atoms with Crippen molar-refractivity contribution in [3.8, 4) is 17.0 Å². The molecule has 1 aliphatic heterocycles. The van der Waals surface area contributed by atoms with Crippen LogP contribution in [-0.2, 0) is 16.1 Å². The van der Waals surface area contributed by atoms with E-state index >= 15 is 0 Å². The van der Waals surface area contributed by atoms with Crippen molar-refractivity contribution in [1.82, 2.24) is 25.3 Å². The fraction of sp³-hybridized carbons (Fsp3) is 0.542. The van der Waals surface area contributed by atoms with Crippen molar-refractivity contribution in [2.45, 2.75) is 45.2 Å². The number of H-pyrrole nitrogens is 1. The number of ether oxygens (including phenoxy) is 1. The van der Waals surface area contributed by atoms with Crippen molar-refractivity contribution in [2.75, 3.05) is 33.3 Å². The van der Waals surface area contributed by atoms with Crippen molar-refractivity contribution in [2.24, 2.45) is 5.92 Å². The van der Waals surface area contributed by atoms with Gasteiger partial charge in [0, 0.05) is 56.8 Å². The van der Waals surface area contributed by atoms with E-state index in [0.29, 0.717) is 13.1 Å². The summed E-state index contributed by atoms with van der Waals surface area (Å²) in [7, 11) is 1.66. The highest BCUT2D eigenvalue weighted by Crippen LogP contribution is 2.31. The molecule has 1 aromatic carbocycles. The number of nitrogens with one attached hydrogen (secondary N) is 2. The number of hydrogen-bond acceptors (Lipinski definition) is 5. The van der Waals surface area contributed by atoms with E-state index in [1.165, 1.54) is 0 Å². The Hall–Kier alpha value is -2.87.